The van der Waals surface area contributed by atoms with Crippen molar-refractivity contribution < 1.29 is 22.4 Å². The van der Waals surface area contributed by atoms with Crippen LogP contribution in [0, 0.1) is 12.8 Å². The molecule has 0 aliphatic carbocycles. The molecule has 1 aromatic carbocycles. The second-order valence-electron chi connectivity index (χ2n) is 7.11. The van der Waals surface area contributed by atoms with Gasteiger partial charge in [-0.3, -0.25) is 4.79 Å². The van der Waals surface area contributed by atoms with Gasteiger partial charge in [-0.25, -0.2) is 4.98 Å². The molecule has 1 fully saturated rings. The summed E-state index contributed by atoms with van der Waals surface area (Å²) < 4.78 is 45.1. The monoisotopic (exact) mass is 388 g/mol. The van der Waals surface area contributed by atoms with E-state index in [1.54, 1.807) is 42.5 Å². The number of likely N-dealkylation sites (tertiary alicyclic amines) is 1. The van der Waals surface area contributed by atoms with Crippen LogP contribution < -0.4 is 0 Å². The molecule has 2 aromatic heterocycles. The highest BCUT2D eigenvalue weighted by Crippen LogP contribution is 2.34. The van der Waals surface area contributed by atoms with Gasteiger partial charge in [0.1, 0.15) is 11.5 Å². The van der Waals surface area contributed by atoms with Crippen molar-refractivity contribution in [1.82, 2.24) is 9.88 Å². The molecule has 4 rings (SSSR count). The summed E-state index contributed by atoms with van der Waals surface area (Å²) in [5.41, 5.74) is 1.43. The first-order valence-electron chi connectivity index (χ1n) is 9.15. The molecule has 146 valence electrons. The van der Waals surface area contributed by atoms with Crippen LogP contribution in [0.3, 0.4) is 0 Å². The van der Waals surface area contributed by atoms with E-state index in [-0.39, 0.29) is 13.0 Å². The van der Waals surface area contributed by atoms with Gasteiger partial charge in [0.25, 0.3) is 5.91 Å². The van der Waals surface area contributed by atoms with Gasteiger partial charge in [0, 0.05) is 18.5 Å². The first kappa shape index (κ1) is 18.5. The Labute approximate surface area is 160 Å². The average Bonchev–Trinajstić information content (AvgIpc) is 3.12. The fourth-order valence-corrected chi connectivity index (χ4v) is 3.65. The number of pyridine rings is 1. The van der Waals surface area contributed by atoms with Crippen LogP contribution in [-0.2, 0) is 0 Å². The fourth-order valence-electron chi connectivity index (χ4n) is 3.65. The highest BCUT2D eigenvalue weighted by atomic mass is 19.4. The quantitative estimate of drug-likeness (QED) is 0.605. The minimum Gasteiger partial charge on any atom is -0.460 e. The molecule has 1 amide bonds. The number of nitrogens with zero attached hydrogens (tertiary/aromatic N) is 2. The highest BCUT2D eigenvalue weighted by molar-refractivity contribution is 6.07. The maximum absolute atomic E-state index is 13.2. The van der Waals surface area contributed by atoms with Gasteiger partial charge in [0.15, 0.2) is 5.76 Å². The van der Waals surface area contributed by atoms with Crippen molar-refractivity contribution in [2.75, 3.05) is 13.1 Å². The summed E-state index contributed by atoms with van der Waals surface area (Å²) in [7, 11) is 0. The van der Waals surface area contributed by atoms with E-state index in [4.69, 9.17) is 4.42 Å². The van der Waals surface area contributed by atoms with Crippen molar-refractivity contribution in [3.05, 3.63) is 53.8 Å². The number of carbonyl (C=O) groups is 1. The first-order chi connectivity index (χ1) is 13.3. The van der Waals surface area contributed by atoms with Crippen LogP contribution in [0.5, 0.6) is 0 Å². The molecular weight excluding hydrogens is 369 g/mol. The second kappa shape index (κ2) is 6.96. The maximum Gasteiger partial charge on any atom is 0.393 e. The Hall–Kier alpha value is -2.83. The summed E-state index contributed by atoms with van der Waals surface area (Å²) in [6, 6.07) is 12.3. The van der Waals surface area contributed by atoms with E-state index in [1.807, 2.05) is 6.92 Å². The Bertz CT molecular complexity index is 1030. The van der Waals surface area contributed by atoms with Crippen LogP contribution in [0.4, 0.5) is 13.2 Å². The van der Waals surface area contributed by atoms with Crippen LogP contribution in [0.25, 0.3) is 22.4 Å². The number of piperidine rings is 1. The first-order valence-corrected chi connectivity index (χ1v) is 9.15. The molecule has 0 spiro atoms. The summed E-state index contributed by atoms with van der Waals surface area (Å²) >= 11 is 0. The molecule has 4 nitrogen and oxygen atoms in total. The van der Waals surface area contributed by atoms with E-state index in [0.29, 0.717) is 46.6 Å². The fraction of sp³-hybridized carbons (Fsp3) is 0.333. The number of carbonyl (C=O) groups excluding carboxylic acids is 1. The molecule has 1 aliphatic rings. The molecule has 0 bridgehead atoms. The zero-order chi connectivity index (χ0) is 19.9. The van der Waals surface area contributed by atoms with Gasteiger partial charge >= 0.3 is 6.18 Å². The lowest BCUT2D eigenvalue weighted by molar-refractivity contribution is -0.184. The zero-order valence-corrected chi connectivity index (χ0v) is 15.3. The molecule has 0 N–H and O–H groups in total. The number of benzene rings is 1. The predicted molar refractivity (Wildman–Crippen MR) is 98.9 cm³/mol. The predicted octanol–water partition coefficient (Wildman–Crippen LogP) is 5.22. The van der Waals surface area contributed by atoms with Crippen molar-refractivity contribution in [1.29, 1.82) is 0 Å². The minimum atomic E-state index is -4.30. The Balaban J connectivity index is 1.75. The molecular formula is C21H19F3N2O2. The lowest BCUT2D eigenvalue weighted by atomic mass is 9.96. The summed E-state index contributed by atoms with van der Waals surface area (Å²) in [5.74, 6) is -0.659. The number of halogens is 3. The van der Waals surface area contributed by atoms with E-state index >= 15 is 0 Å². The molecule has 3 aromatic rings. The molecule has 1 atom stereocenters. The summed E-state index contributed by atoms with van der Waals surface area (Å²) in [6.45, 7) is 1.81. The molecule has 28 heavy (non-hydrogen) atoms. The molecule has 3 heterocycles. The molecule has 1 saturated heterocycles. The topological polar surface area (TPSA) is 46.3 Å². The van der Waals surface area contributed by atoms with Crippen molar-refractivity contribution >= 4 is 16.8 Å². The van der Waals surface area contributed by atoms with Crippen molar-refractivity contribution in [2.24, 2.45) is 5.92 Å². The Morgan fingerprint density at radius 2 is 2.00 bits per heavy atom. The Morgan fingerprint density at radius 3 is 2.71 bits per heavy atom. The van der Waals surface area contributed by atoms with Gasteiger partial charge in [0.2, 0.25) is 0 Å². The third-order valence-corrected chi connectivity index (χ3v) is 5.11. The van der Waals surface area contributed by atoms with Crippen LogP contribution in [-0.4, -0.2) is 35.1 Å². The van der Waals surface area contributed by atoms with Gasteiger partial charge in [-0.15, -0.1) is 0 Å². The molecule has 0 unspecified atom stereocenters. The minimum absolute atomic E-state index is 0.0568. The lowest BCUT2D eigenvalue weighted by Gasteiger charge is -2.34. The van der Waals surface area contributed by atoms with E-state index < -0.39 is 18.0 Å². The van der Waals surface area contributed by atoms with Gasteiger partial charge in [0.05, 0.1) is 17.0 Å². The standard InChI is InChI=1S/C21H19F3N2O2/c1-13-8-9-19(28-13)18-11-16(15-6-2-3-7-17(15)25-18)20(27)26-10-4-5-14(12-26)21(22,23)24/h2-3,6-9,11,14H,4-5,10,12H2,1H3/t14-/m1/s1. The van der Waals surface area contributed by atoms with E-state index in [2.05, 4.69) is 4.98 Å². The number of para-hydroxylation sites is 1. The van der Waals surface area contributed by atoms with Gasteiger partial charge in [-0.2, -0.15) is 13.2 Å². The Morgan fingerprint density at radius 1 is 1.21 bits per heavy atom. The molecule has 7 heteroatoms. The number of hydrogen-bond acceptors (Lipinski definition) is 3. The Kier molecular flexibility index (Phi) is 4.61. The van der Waals surface area contributed by atoms with Crippen molar-refractivity contribution in [2.45, 2.75) is 25.9 Å². The van der Waals surface area contributed by atoms with E-state index in [0.717, 1.165) is 0 Å². The van der Waals surface area contributed by atoms with Crippen LogP contribution in [0.2, 0.25) is 0 Å². The van der Waals surface area contributed by atoms with Gasteiger partial charge in [-0.1, -0.05) is 18.2 Å². The van der Waals surface area contributed by atoms with Gasteiger partial charge < -0.3 is 9.32 Å². The third kappa shape index (κ3) is 3.48. The number of aryl methyl sites for hydroxylation is 1. The van der Waals surface area contributed by atoms with Crippen molar-refractivity contribution in [3.63, 3.8) is 0 Å². The average molecular weight is 388 g/mol. The third-order valence-electron chi connectivity index (χ3n) is 5.11. The molecule has 1 aliphatic heterocycles. The summed E-state index contributed by atoms with van der Waals surface area (Å²) in [4.78, 5) is 19.0. The van der Waals surface area contributed by atoms with Crippen molar-refractivity contribution in [3.8, 4) is 11.5 Å². The number of amides is 1. The zero-order valence-electron chi connectivity index (χ0n) is 15.3. The van der Waals surface area contributed by atoms with E-state index in [1.165, 1.54) is 4.90 Å². The SMILES string of the molecule is Cc1ccc(-c2cc(C(=O)N3CCC[C@@H](C(F)(F)F)C3)c3ccccc3n2)o1. The number of aromatic nitrogens is 1. The largest absolute Gasteiger partial charge is 0.460 e. The maximum atomic E-state index is 13.2. The normalized spacial score (nSPS) is 17.9. The molecule has 0 radical (unpaired) electrons. The smallest absolute Gasteiger partial charge is 0.393 e. The summed E-state index contributed by atoms with van der Waals surface area (Å²) in [5, 5.41) is 0.619. The van der Waals surface area contributed by atoms with Crippen LogP contribution >= 0.6 is 0 Å². The second-order valence-corrected chi connectivity index (χ2v) is 7.11. The lowest BCUT2D eigenvalue weighted by Crippen LogP contribution is -2.44. The number of alkyl halides is 3. The molecule has 0 saturated carbocycles. The summed E-state index contributed by atoms with van der Waals surface area (Å²) in [6.07, 6.45) is -3.90. The van der Waals surface area contributed by atoms with E-state index in [9.17, 15) is 18.0 Å². The number of rotatable bonds is 2. The number of fused-ring (bicyclic) bond motifs is 1. The number of hydrogen-bond donors (Lipinski definition) is 0. The van der Waals surface area contributed by atoms with Crippen LogP contribution in [0.15, 0.2) is 46.9 Å². The van der Waals surface area contributed by atoms with Crippen LogP contribution in [0.1, 0.15) is 29.0 Å². The van der Waals surface area contributed by atoms with Gasteiger partial charge in [-0.05, 0) is 44.0 Å². The highest BCUT2D eigenvalue weighted by Gasteiger charge is 2.43. The number of furan rings is 1.